The lowest BCUT2D eigenvalue weighted by molar-refractivity contribution is 0.0317. The second-order valence-corrected chi connectivity index (χ2v) is 8.03. The van der Waals surface area contributed by atoms with Crippen LogP contribution in [0.3, 0.4) is 0 Å². The number of hydrogen-bond acceptors (Lipinski definition) is 10. The molecular formula is C23H36N8O2. The quantitative estimate of drug-likeness (QED) is 0.282. The Bertz CT molecular complexity index is 896. The fourth-order valence-electron chi connectivity index (χ4n) is 3.49. The van der Waals surface area contributed by atoms with Gasteiger partial charge >= 0.3 is 6.01 Å². The van der Waals surface area contributed by atoms with Gasteiger partial charge in [-0.3, -0.25) is 10.3 Å². The number of nitrogen functional groups attached to an aromatic ring is 1. The molecule has 2 aromatic rings. The van der Waals surface area contributed by atoms with Gasteiger partial charge in [0.05, 0.1) is 30.8 Å². The Morgan fingerprint density at radius 2 is 1.94 bits per heavy atom. The molecule has 1 saturated heterocycles. The smallest absolute Gasteiger partial charge is 0.321 e. The average molecular weight is 457 g/mol. The van der Waals surface area contributed by atoms with E-state index in [0.29, 0.717) is 30.1 Å². The Labute approximate surface area is 196 Å². The minimum absolute atomic E-state index is 0.307. The lowest BCUT2D eigenvalue weighted by Gasteiger charge is -2.26. The van der Waals surface area contributed by atoms with Crippen molar-refractivity contribution in [2.75, 3.05) is 68.6 Å². The highest BCUT2D eigenvalue weighted by atomic mass is 16.5. The zero-order chi connectivity index (χ0) is 23.5. The number of hydrogen-bond donors (Lipinski definition) is 2. The Hall–Kier alpha value is -2.98. The Morgan fingerprint density at radius 1 is 1.18 bits per heavy atom. The highest BCUT2D eigenvalue weighted by molar-refractivity contribution is 5.77. The van der Waals surface area contributed by atoms with Crippen LogP contribution in [0, 0.1) is 6.92 Å². The van der Waals surface area contributed by atoms with Crippen LogP contribution in [-0.4, -0.2) is 78.6 Å². The topological polar surface area (TPSA) is 114 Å². The summed E-state index contributed by atoms with van der Waals surface area (Å²) in [6, 6.07) is 6.05. The van der Waals surface area contributed by atoms with Crippen LogP contribution in [-0.2, 0) is 4.74 Å². The van der Waals surface area contributed by atoms with Crippen molar-refractivity contribution >= 4 is 23.5 Å². The maximum atomic E-state index is 6.02. The summed E-state index contributed by atoms with van der Waals surface area (Å²) < 4.78 is 11.3. The molecule has 0 saturated carbocycles. The van der Waals surface area contributed by atoms with Crippen LogP contribution in [0.15, 0.2) is 23.3 Å². The van der Waals surface area contributed by atoms with E-state index in [1.165, 1.54) is 0 Å². The number of benzene rings is 1. The van der Waals surface area contributed by atoms with E-state index >= 15 is 0 Å². The molecule has 0 unspecified atom stereocenters. The van der Waals surface area contributed by atoms with Crippen molar-refractivity contribution in [1.82, 2.24) is 19.9 Å². The zero-order valence-electron chi connectivity index (χ0n) is 20.0. The molecule has 1 aromatic carbocycles. The molecule has 33 heavy (non-hydrogen) atoms. The molecule has 0 atom stereocenters. The van der Waals surface area contributed by atoms with Crippen molar-refractivity contribution in [3.8, 4) is 6.01 Å². The molecular weight excluding hydrogens is 420 g/mol. The van der Waals surface area contributed by atoms with Gasteiger partial charge in [0.2, 0.25) is 5.95 Å². The van der Waals surface area contributed by atoms with Crippen molar-refractivity contribution in [3.05, 3.63) is 29.6 Å². The third-order valence-corrected chi connectivity index (χ3v) is 5.21. The standard InChI is InChI=1S/C23H36N8O2/c1-4-8-31(9-5-2)22-26-21(17-25-29-20-16-18(3)6-7-19(20)24)27-23(28-22)33-15-12-30-10-13-32-14-11-30/h6-7,16-17,29H,4-5,8-15,24H2,1-3H3/b25-17+. The molecule has 10 heteroatoms. The summed E-state index contributed by atoms with van der Waals surface area (Å²) in [5, 5.41) is 4.30. The second kappa shape index (κ2) is 12.9. The highest BCUT2D eigenvalue weighted by Crippen LogP contribution is 2.19. The number of aromatic nitrogens is 3. The van der Waals surface area contributed by atoms with E-state index in [4.69, 9.17) is 15.2 Å². The summed E-state index contributed by atoms with van der Waals surface area (Å²) in [4.78, 5) is 18.1. The first-order valence-electron chi connectivity index (χ1n) is 11.7. The monoisotopic (exact) mass is 456 g/mol. The van der Waals surface area contributed by atoms with Gasteiger partial charge in [-0.15, -0.1) is 0 Å². The molecule has 1 aromatic heterocycles. The molecule has 0 bridgehead atoms. The number of aryl methyl sites for hydroxylation is 1. The van der Waals surface area contributed by atoms with E-state index in [-0.39, 0.29) is 0 Å². The van der Waals surface area contributed by atoms with Crippen molar-refractivity contribution in [2.24, 2.45) is 5.10 Å². The average Bonchev–Trinajstić information content (AvgIpc) is 2.82. The van der Waals surface area contributed by atoms with Crippen molar-refractivity contribution in [2.45, 2.75) is 33.6 Å². The second-order valence-electron chi connectivity index (χ2n) is 8.03. The molecule has 0 spiro atoms. The maximum absolute atomic E-state index is 6.02. The van der Waals surface area contributed by atoms with Gasteiger partial charge in [0.15, 0.2) is 5.82 Å². The van der Waals surface area contributed by atoms with E-state index in [2.05, 4.69) is 49.1 Å². The predicted octanol–water partition coefficient (Wildman–Crippen LogP) is 2.55. The summed E-state index contributed by atoms with van der Waals surface area (Å²) in [6.45, 7) is 12.7. The van der Waals surface area contributed by atoms with Crippen LogP contribution in [0.25, 0.3) is 0 Å². The fraction of sp³-hybridized carbons (Fsp3) is 0.565. The van der Waals surface area contributed by atoms with E-state index in [1.54, 1.807) is 6.21 Å². The normalized spacial score (nSPS) is 14.5. The van der Waals surface area contributed by atoms with Crippen molar-refractivity contribution in [3.63, 3.8) is 0 Å². The number of hydrazone groups is 1. The van der Waals surface area contributed by atoms with Crippen LogP contribution in [0.5, 0.6) is 6.01 Å². The molecule has 0 aliphatic carbocycles. The van der Waals surface area contributed by atoms with Gasteiger partial charge in [0.25, 0.3) is 0 Å². The third-order valence-electron chi connectivity index (χ3n) is 5.21. The molecule has 180 valence electrons. The van der Waals surface area contributed by atoms with Crippen LogP contribution in [0.2, 0.25) is 0 Å². The maximum Gasteiger partial charge on any atom is 0.321 e. The molecule has 3 rings (SSSR count). The first-order valence-corrected chi connectivity index (χ1v) is 11.7. The summed E-state index contributed by atoms with van der Waals surface area (Å²) in [5.41, 5.74) is 11.5. The Balaban J connectivity index is 1.74. The summed E-state index contributed by atoms with van der Waals surface area (Å²) >= 11 is 0. The van der Waals surface area contributed by atoms with Crippen molar-refractivity contribution in [1.29, 1.82) is 0 Å². The number of ether oxygens (including phenoxy) is 2. The van der Waals surface area contributed by atoms with Gasteiger partial charge in [0, 0.05) is 32.7 Å². The molecule has 3 N–H and O–H groups in total. The fourth-order valence-corrected chi connectivity index (χ4v) is 3.49. The number of nitrogens with one attached hydrogen (secondary N) is 1. The van der Waals surface area contributed by atoms with Gasteiger partial charge in [-0.05, 0) is 37.5 Å². The van der Waals surface area contributed by atoms with E-state index in [9.17, 15) is 0 Å². The first-order chi connectivity index (χ1) is 16.1. The predicted molar refractivity (Wildman–Crippen MR) is 132 cm³/mol. The van der Waals surface area contributed by atoms with Gasteiger partial charge in [0.1, 0.15) is 6.61 Å². The minimum atomic E-state index is 0.307. The van der Waals surface area contributed by atoms with Crippen LogP contribution < -0.4 is 20.8 Å². The van der Waals surface area contributed by atoms with E-state index < -0.39 is 0 Å². The van der Waals surface area contributed by atoms with Gasteiger partial charge in [-0.2, -0.15) is 20.1 Å². The Morgan fingerprint density at radius 3 is 2.67 bits per heavy atom. The third kappa shape index (κ3) is 7.83. The summed E-state index contributed by atoms with van der Waals surface area (Å²) in [6.07, 6.45) is 3.56. The molecule has 1 fully saturated rings. The lowest BCUT2D eigenvalue weighted by atomic mass is 10.2. The van der Waals surface area contributed by atoms with Gasteiger partial charge in [-0.1, -0.05) is 19.9 Å². The SMILES string of the molecule is CCCN(CCC)c1nc(/C=N/Nc2cc(C)ccc2N)nc(OCCN2CCOCC2)n1. The molecule has 2 heterocycles. The molecule has 0 amide bonds. The molecule has 1 aliphatic heterocycles. The van der Waals surface area contributed by atoms with Crippen LogP contribution in [0.1, 0.15) is 38.1 Å². The largest absolute Gasteiger partial charge is 0.462 e. The summed E-state index contributed by atoms with van der Waals surface area (Å²) in [7, 11) is 0. The van der Waals surface area contributed by atoms with Gasteiger partial charge in [-0.25, -0.2) is 0 Å². The zero-order valence-corrected chi connectivity index (χ0v) is 20.0. The molecule has 0 radical (unpaired) electrons. The number of rotatable bonds is 12. The first kappa shape index (κ1) is 24.7. The highest BCUT2D eigenvalue weighted by Gasteiger charge is 2.14. The van der Waals surface area contributed by atoms with Gasteiger partial charge < -0.3 is 20.1 Å². The lowest BCUT2D eigenvalue weighted by Crippen LogP contribution is -2.38. The minimum Gasteiger partial charge on any atom is -0.462 e. The van der Waals surface area contributed by atoms with E-state index in [0.717, 1.165) is 70.0 Å². The summed E-state index contributed by atoms with van der Waals surface area (Å²) in [5.74, 6) is 1.03. The molecule has 10 nitrogen and oxygen atoms in total. The number of nitrogens with two attached hydrogens (primary N) is 1. The van der Waals surface area contributed by atoms with Crippen molar-refractivity contribution < 1.29 is 9.47 Å². The Kier molecular flexibility index (Phi) is 9.64. The van der Waals surface area contributed by atoms with Crippen LogP contribution in [0.4, 0.5) is 17.3 Å². The van der Waals surface area contributed by atoms with Crippen LogP contribution >= 0.6 is 0 Å². The number of anilines is 3. The van der Waals surface area contributed by atoms with E-state index in [1.807, 2.05) is 25.1 Å². The number of nitrogens with zero attached hydrogens (tertiary/aromatic N) is 6. The number of morpholine rings is 1. The molecule has 1 aliphatic rings.